The van der Waals surface area contributed by atoms with Crippen LogP contribution >= 0.6 is 35.6 Å². The minimum atomic E-state index is -0.628. The number of benzene rings is 2. The van der Waals surface area contributed by atoms with Gasteiger partial charge in [0.2, 0.25) is 0 Å². The number of rotatable bonds is 5. The van der Waals surface area contributed by atoms with Crippen LogP contribution in [0.1, 0.15) is 27.6 Å². The van der Waals surface area contributed by atoms with Crippen molar-refractivity contribution < 1.29 is 9.53 Å². The van der Waals surface area contributed by atoms with Crippen LogP contribution in [-0.2, 0) is 11.3 Å². The number of carbonyl (C=O) groups is 1. The summed E-state index contributed by atoms with van der Waals surface area (Å²) in [6, 6.07) is 13.3. The normalized spacial score (nSPS) is 11.1. The SMILES string of the molecule is Cl.N#Cc1ccc(C(=O)OC(Cn2ccnc2)c2ccc(Cl)cc2Cl)cc1. The summed E-state index contributed by atoms with van der Waals surface area (Å²) in [7, 11) is 0. The van der Waals surface area contributed by atoms with E-state index in [4.69, 9.17) is 33.2 Å². The van der Waals surface area contributed by atoms with Crippen molar-refractivity contribution in [3.8, 4) is 6.07 Å². The minimum Gasteiger partial charge on any atom is -0.452 e. The standard InChI is InChI=1S/C19H13Cl2N3O2.ClH/c20-15-5-6-16(17(21)9-15)18(11-24-8-7-23-12-24)26-19(25)14-3-1-13(10-22)2-4-14;/h1-9,12,18H,11H2;1H. The molecule has 3 rings (SSSR count). The number of ether oxygens (including phenoxy) is 1. The van der Waals surface area contributed by atoms with Crippen molar-refractivity contribution >= 4 is 41.6 Å². The summed E-state index contributed by atoms with van der Waals surface area (Å²) in [4.78, 5) is 16.5. The molecule has 138 valence electrons. The molecular formula is C19H14Cl3N3O2. The largest absolute Gasteiger partial charge is 0.452 e. The van der Waals surface area contributed by atoms with Crippen molar-refractivity contribution in [2.24, 2.45) is 0 Å². The molecule has 0 aliphatic rings. The molecule has 8 heteroatoms. The first-order chi connectivity index (χ1) is 12.6. The van der Waals surface area contributed by atoms with Gasteiger partial charge in [0.1, 0.15) is 6.10 Å². The molecule has 5 nitrogen and oxygen atoms in total. The van der Waals surface area contributed by atoms with E-state index in [1.54, 1.807) is 65.8 Å². The summed E-state index contributed by atoms with van der Waals surface area (Å²) >= 11 is 12.3. The molecule has 0 N–H and O–H groups in total. The zero-order chi connectivity index (χ0) is 18.5. The molecule has 1 unspecified atom stereocenters. The highest BCUT2D eigenvalue weighted by atomic mass is 35.5. The van der Waals surface area contributed by atoms with Crippen LogP contribution in [0.25, 0.3) is 0 Å². The van der Waals surface area contributed by atoms with Gasteiger partial charge in [-0.15, -0.1) is 12.4 Å². The lowest BCUT2D eigenvalue weighted by atomic mass is 10.1. The molecule has 0 spiro atoms. The smallest absolute Gasteiger partial charge is 0.338 e. The van der Waals surface area contributed by atoms with Gasteiger partial charge >= 0.3 is 5.97 Å². The van der Waals surface area contributed by atoms with E-state index in [2.05, 4.69) is 4.98 Å². The van der Waals surface area contributed by atoms with Gasteiger partial charge in [-0.1, -0.05) is 29.3 Å². The Bertz CT molecular complexity index is 951. The van der Waals surface area contributed by atoms with Crippen molar-refractivity contribution in [1.82, 2.24) is 9.55 Å². The Hall–Kier alpha value is -2.52. The number of esters is 1. The zero-order valence-corrected chi connectivity index (χ0v) is 16.2. The Balaban J connectivity index is 0.00000261. The summed E-state index contributed by atoms with van der Waals surface area (Å²) in [5.74, 6) is -0.509. The van der Waals surface area contributed by atoms with E-state index in [1.807, 2.05) is 6.07 Å². The van der Waals surface area contributed by atoms with Gasteiger partial charge in [-0.2, -0.15) is 5.26 Å². The average molecular weight is 423 g/mol. The Morgan fingerprint density at radius 1 is 1.22 bits per heavy atom. The molecule has 27 heavy (non-hydrogen) atoms. The Morgan fingerprint density at radius 3 is 2.56 bits per heavy atom. The Labute approximate surface area is 172 Å². The topological polar surface area (TPSA) is 67.9 Å². The number of hydrogen-bond acceptors (Lipinski definition) is 4. The van der Waals surface area contributed by atoms with Crippen molar-refractivity contribution in [3.63, 3.8) is 0 Å². The first-order valence-corrected chi connectivity index (χ1v) is 8.44. The molecule has 1 atom stereocenters. The van der Waals surface area contributed by atoms with E-state index in [9.17, 15) is 4.79 Å². The fourth-order valence-electron chi connectivity index (χ4n) is 2.43. The fourth-order valence-corrected chi connectivity index (χ4v) is 2.96. The molecular weight excluding hydrogens is 409 g/mol. The predicted molar refractivity (Wildman–Crippen MR) is 105 cm³/mol. The van der Waals surface area contributed by atoms with Gasteiger partial charge in [0.25, 0.3) is 0 Å². The maximum atomic E-state index is 12.5. The molecule has 0 radical (unpaired) electrons. The molecule has 0 fully saturated rings. The molecule has 0 saturated heterocycles. The monoisotopic (exact) mass is 421 g/mol. The second-order valence-corrected chi connectivity index (χ2v) is 6.35. The third-order valence-electron chi connectivity index (χ3n) is 3.74. The van der Waals surface area contributed by atoms with E-state index in [-0.39, 0.29) is 12.4 Å². The van der Waals surface area contributed by atoms with Crippen LogP contribution < -0.4 is 0 Å². The van der Waals surface area contributed by atoms with Gasteiger partial charge < -0.3 is 9.30 Å². The van der Waals surface area contributed by atoms with Crippen molar-refractivity contribution in [2.45, 2.75) is 12.6 Å². The highest BCUT2D eigenvalue weighted by molar-refractivity contribution is 6.35. The van der Waals surface area contributed by atoms with Crippen molar-refractivity contribution in [1.29, 1.82) is 5.26 Å². The van der Waals surface area contributed by atoms with E-state index in [1.165, 1.54) is 0 Å². The lowest BCUT2D eigenvalue weighted by molar-refractivity contribution is 0.0255. The average Bonchev–Trinajstić information content (AvgIpc) is 3.14. The summed E-state index contributed by atoms with van der Waals surface area (Å²) in [6.07, 6.45) is 4.42. The number of hydrogen-bond donors (Lipinski definition) is 0. The Kier molecular flexibility index (Phi) is 7.26. The van der Waals surface area contributed by atoms with Crippen molar-refractivity contribution in [3.05, 3.63) is 87.9 Å². The third-order valence-corrected chi connectivity index (χ3v) is 4.31. The van der Waals surface area contributed by atoms with E-state index < -0.39 is 12.1 Å². The van der Waals surface area contributed by atoms with Gasteiger partial charge in [-0.3, -0.25) is 0 Å². The predicted octanol–water partition coefficient (Wildman–Crippen LogP) is 5.08. The zero-order valence-electron chi connectivity index (χ0n) is 13.9. The summed E-state index contributed by atoms with van der Waals surface area (Å²) in [5.41, 5.74) is 1.47. The first kappa shape index (κ1) is 20.8. The molecule has 0 bridgehead atoms. The number of nitriles is 1. The van der Waals surface area contributed by atoms with Crippen LogP contribution in [0.4, 0.5) is 0 Å². The van der Waals surface area contributed by atoms with Gasteiger partial charge in [0.05, 0.1) is 30.1 Å². The van der Waals surface area contributed by atoms with E-state index in [0.29, 0.717) is 33.3 Å². The highest BCUT2D eigenvalue weighted by Gasteiger charge is 2.21. The number of halogens is 3. The van der Waals surface area contributed by atoms with Crippen LogP contribution in [0.5, 0.6) is 0 Å². The van der Waals surface area contributed by atoms with Gasteiger partial charge in [-0.25, -0.2) is 9.78 Å². The summed E-state index contributed by atoms with van der Waals surface area (Å²) < 4.78 is 7.49. The first-order valence-electron chi connectivity index (χ1n) is 7.68. The van der Waals surface area contributed by atoms with Crippen LogP contribution in [0.15, 0.2) is 61.2 Å². The van der Waals surface area contributed by atoms with Crippen molar-refractivity contribution in [2.75, 3.05) is 0 Å². The van der Waals surface area contributed by atoms with E-state index >= 15 is 0 Å². The summed E-state index contributed by atoms with van der Waals surface area (Å²) in [5, 5.41) is 9.77. The van der Waals surface area contributed by atoms with E-state index in [0.717, 1.165) is 0 Å². The molecule has 2 aromatic carbocycles. The van der Waals surface area contributed by atoms with Crippen LogP contribution in [-0.4, -0.2) is 15.5 Å². The number of imidazole rings is 1. The molecule has 0 aliphatic carbocycles. The molecule has 1 heterocycles. The second kappa shape index (κ2) is 9.43. The van der Waals surface area contributed by atoms with Gasteiger partial charge in [0, 0.05) is 28.0 Å². The number of aromatic nitrogens is 2. The summed E-state index contributed by atoms with van der Waals surface area (Å²) in [6.45, 7) is 0.351. The fraction of sp³-hybridized carbons (Fsp3) is 0.105. The Morgan fingerprint density at radius 2 is 1.96 bits per heavy atom. The molecule has 0 amide bonds. The molecule has 3 aromatic rings. The second-order valence-electron chi connectivity index (χ2n) is 5.51. The highest BCUT2D eigenvalue weighted by Crippen LogP contribution is 2.30. The lowest BCUT2D eigenvalue weighted by Crippen LogP contribution is -2.17. The lowest BCUT2D eigenvalue weighted by Gasteiger charge is -2.20. The number of carbonyl (C=O) groups excluding carboxylic acids is 1. The van der Waals surface area contributed by atoms with Crippen LogP contribution in [0.2, 0.25) is 10.0 Å². The van der Waals surface area contributed by atoms with Crippen LogP contribution in [0, 0.1) is 11.3 Å². The quantitative estimate of drug-likeness (QED) is 0.538. The van der Waals surface area contributed by atoms with Gasteiger partial charge in [-0.05, 0) is 36.4 Å². The minimum absolute atomic E-state index is 0. The maximum Gasteiger partial charge on any atom is 0.338 e. The third kappa shape index (κ3) is 5.24. The van der Waals surface area contributed by atoms with Gasteiger partial charge in [0.15, 0.2) is 0 Å². The number of nitrogens with zero attached hydrogens (tertiary/aromatic N) is 3. The van der Waals surface area contributed by atoms with Crippen LogP contribution in [0.3, 0.4) is 0 Å². The molecule has 0 aliphatic heterocycles. The molecule has 0 saturated carbocycles. The molecule has 1 aromatic heterocycles. The maximum absolute atomic E-state index is 12.5.